The predicted molar refractivity (Wildman–Crippen MR) is 81.5 cm³/mol. The van der Waals surface area contributed by atoms with E-state index in [1.807, 2.05) is 18.2 Å². The summed E-state index contributed by atoms with van der Waals surface area (Å²) in [4.78, 5) is 16.0. The first kappa shape index (κ1) is 16.0. The Bertz CT molecular complexity index is 854. The zero-order valence-electron chi connectivity index (χ0n) is 12.4. The second kappa shape index (κ2) is 6.35. The summed E-state index contributed by atoms with van der Waals surface area (Å²) in [6, 6.07) is 9.67. The van der Waals surface area contributed by atoms with Crippen LogP contribution in [0.3, 0.4) is 0 Å². The summed E-state index contributed by atoms with van der Waals surface area (Å²) < 4.78 is 42.7. The van der Waals surface area contributed by atoms with Crippen LogP contribution in [0.25, 0.3) is 11.1 Å². The van der Waals surface area contributed by atoms with Crippen molar-refractivity contribution in [3.8, 4) is 0 Å². The van der Waals surface area contributed by atoms with E-state index in [-0.39, 0.29) is 5.56 Å². The molecule has 1 aromatic heterocycles. The minimum Gasteiger partial charge on any atom is -0.443 e. The number of nitrogens with one attached hydrogen (secondary N) is 1. The Morgan fingerprint density at radius 2 is 1.88 bits per heavy atom. The predicted octanol–water partition coefficient (Wildman–Crippen LogP) is 3.82. The molecule has 0 aliphatic heterocycles. The van der Waals surface area contributed by atoms with Gasteiger partial charge in [-0.05, 0) is 48.4 Å². The highest BCUT2D eigenvalue weighted by Gasteiger charge is 2.30. The van der Waals surface area contributed by atoms with E-state index in [2.05, 4.69) is 10.3 Å². The number of benzene rings is 2. The van der Waals surface area contributed by atoms with E-state index in [0.717, 1.165) is 23.2 Å². The lowest BCUT2D eigenvalue weighted by molar-refractivity contribution is -0.137. The Kier molecular flexibility index (Phi) is 4.24. The van der Waals surface area contributed by atoms with Gasteiger partial charge in [-0.1, -0.05) is 6.07 Å². The van der Waals surface area contributed by atoms with Crippen molar-refractivity contribution in [2.75, 3.05) is 6.54 Å². The number of aromatic nitrogens is 1. The minimum atomic E-state index is -4.41. The van der Waals surface area contributed by atoms with Gasteiger partial charge in [0.15, 0.2) is 12.0 Å². The van der Waals surface area contributed by atoms with Crippen LogP contribution in [-0.2, 0) is 12.6 Å². The van der Waals surface area contributed by atoms with Crippen LogP contribution < -0.4 is 5.32 Å². The quantitative estimate of drug-likeness (QED) is 0.789. The fourth-order valence-electron chi connectivity index (χ4n) is 2.29. The molecular formula is C17H13F3N2O2. The number of carbonyl (C=O) groups excluding carboxylic acids is 1. The maximum absolute atomic E-state index is 12.5. The van der Waals surface area contributed by atoms with Gasteiger partial charge in [0.1, 0.15) is 5.52 Å². The third kappa shape index (κ3) is 3.56. The van der Waals surface area contributed by atoms with E-state index in [4.69, 9.17) is 4.42 Å². The van der Waals surface area contributed by atoms with Gasteiger partial charge >= 0.3 is 6.18 Å². The molecule has 2 aromatic carbocycles. The number of hydrogen-bond acceptors (Lipinski definition) is 3. The van der Waals surface area contributed by atoms with Crippen LogP contribution in [0.5, 0.6) is 0 Å². The summed E-state index contributed by atoms with van der Waals surface area (Å²) in [6.07, 6.45) is -2.47. The van der Waals surface area contributed by atoms with Crippen LogP contribution in [0.2, 0.25) is 0 Å². The summed E-state index contributed by atoms with van der Waals surface area (Å²) in [6.45, 7) is 0.361. The molecule has 0 unspecified atom stereocenters. The van der Waals surface area contributed by atoms with Crippen LogP contribution in [0.4, 0.5) is 13.2 Å². The SMILES string of the molecule is O=C(NCCc1ccc2ncoc2c1)c1ccc(C(F)(F)F)cc1. The lowest BCUT2D eigenvalue weighted by Crippen LogP contribution is -2.25. The summed E-state index contributed by atoms with van der Waals surface area (Å²) in [7, 11) is 0. The van der Waals surface area contributed by atoms with Crippen molar-refractivity contribution in [2.45, 2.75) is 12.6 Å². The number of alkyl halides is 3. The molecule has 0 aliphatic carbocycles. The zero-order chi connectivity index (χ0) is 17.2. The molecule has 3 rings (SSSR count). The van der Waals surface area contributed by atoms with Gasteiger partial charge in [0, 0.05) is 12.1 Å². The molecule has 0 fully saturated rings. The summed E-state index contributed by atoms with van der Waals surface area (Å²) in [5.74, 6) is -0.413. The molecule has 0 aliphatic rings. The number of nitrogens with zero attached hydrogens (tertiary/aromatic N) is 1. The molecular weight excluding hydrogens is 321 g/mol. The second-order valence-electron chi connectivity index (χ2n) is 5.24. The van der Waals surface area contributed by atoms with Gasteiger partial charge in [-0.15, -0.1) is 0 Å². The molecule has 1 amide bonds. The first-order valence-corrected chi connectivity index (χ1v) is 7.21. The van der Waals surface area contributed by atoms with Gasteiger partial charge < -0.3 is 9.73 Å². The number of carbonyl (C=O) groups is 1. The Balaban J connectivity index is 1.57. The Morgan fingerprint density at radius 3 is 2.58 bits per heavy atom. The van der Waals surface area contributed by atoms with Crippen LogP contribution in [0.1, 0.15) is 21.5 Å². The largest absolute Gasteiger partial charge is 0.443 e. The van der Waals surface area contributed by atoms with Gasteiger partial charge in [-0.2, -0.15) is 13.2 Å². The normalized spacial score (nSPS) is 11.6. The van der Waals surface area contributed by atoms with Crippen LogP contribution in [0, 0.1) is 0 Å². The highest BCUT2D eigenvalue weighted by Crippen LogP contribution is 2.29. The summed E-state index contributed by atoms with van der Waals surface area (Å²) in [5.41, 5.74) is 1.80. The third-order valence-electron chi connectivity index (χ3n) is 3.57. The van der Waals surface area contributed by atoms with Crippen molar-refractivity contribution >= 4 is 17.0 Å². The van der Waals surface area contributed by atoms with Crippen molar-refractivity contribution in [2.24, 2.45) is 0 Å². The molecule has 0 atom stereocenters. The Hall–Kier alpha value is -2.83. The molecule has 1 heterocycles. The lowest BCUT2D eigenvalue weighted by atomic mass is 10.1. The van der Waals surface area contributed by atoms with Crippen LogP contribution in [-0.4, -0.2) is 17.4 Å². The molecule has 4 nitrogen and oxygen atoms in total. The van der Waals surface area contributed by atoms with E-state index in [1.165, 1.54) is 18.5 Å². The van der Waals surface area contributed by atoms with Gasteiger partial charge in [-0.3, -0.25) is 4.79 Å². The fraction of sp³-hybridized carbons (Fsp3) is 0.176. The molecule has 0 radical (unpaired) electrons. The van der Waals surface area contributed by atoms with Crippen molar-refractivity contribution in [3.05, 3.63) is 65.5 Å². The molecule has 0 saturated heterocycles. The molecule has 0 saturated carbocycles. The fourth-order valence-corrected chi connectivity index (χ4v) is 2.29. The van der Waals surface area contributed by atoms with Crippen LogP contribution >= 0.6 is 0 Å². The maximum Gasteiger partial charge on any atom is 0.416 e. The standard InChI is InChI=1S/C17H13F3N2O2/c18-17(19,20)13-4-2-12(3-5-13)16(23)21-8-7-11-1-6-14-15(9-11)24-10-22-14/h1-6,9-10H,7-8H2,(H,21,23). The highest BCUT2D eigenvalue weighted by molar-refractivity contribution is 5.94. The molecule has 24 heavy (non-hydrogen) atoms. The minimum absolute atomic E-state index is 0.189. The van der Waals surface area contributed by atoms with Crippen molar-refractivity contribution in [3.63, 3.8) is 0 Å². The second-order valence-corrected chi connectivity index (χ2v) is 5.24. The summed E-state index contributed by atoms with van der Waals surface area (Å²) >= 11 is 0. The number of amides is 1. The Labute approximate surface area is 135 Å². The number of oxazole rings is 1. The first-order valence-electron chi connectivity index (χ1n) is 7.21. The molecule has 1 N–H and O–H groups in total. The van der Waals surface area contributed by atoms with Gasteiger partial charge in [0.2, 0.25) is 0 Å². The van der Waals surface area contributed by atoms with E-state index < -0.39 is 17.6 Å². The first-order chi connectivity index (χ1) is 11.4. The molecule has 0 spiro atoms. The molecule has 7 heteroatoms. The maximum atomic E-state index is 12.5. The smallest absolute Gasteiger partial charge is 0.416 e. The van der Waals surface area contributed by atoms with E-state index in [9.17, 15) is 18.0 Å². The molecule has 3 aromatic rings. The average molecular weight is 334 g/mol. The van der Waals surface area contributed by atoms with Crippen molar-refractivity contribution in [1.29, 1.82) is 0 Å². The third-order valence-corrected chi connectivity index (χ3v) is 3.57. The highest BCUT2D eigenvalue weighted by atomic mass is 19.4. The van der Waals surface area contributed by atoms with Crippen LogP contribution in [0.15, 0.2) is 53.3 Å². The molecule has 124 valence electrons. The zero-order valence-corrected chi connectivity index (χ0v) is 12.4. The van der Waals surface area contributed by atoms with E-state index in [0.29, 0.717) is 18.5 Å². The van der Waals surface area contributed by atoms with Gasteiger partial charge in [-0.25, -0.2) is 4.98 Å². The molecule has 0 bridgehead atoms. The number of rotatable bonds is 4. The Morgan fingerprint density at radius 1 is 1.12 bits per heavy atom. The van der Waals surface area contributed by atoms with Gasteiger partial charge in [0.25, 0.3) is 5.91 Å². The number of hydrogen-bond donors (Lipinski definition) is 1. The van der Waals surface area contributed by atoms with E-state index >= 15 is 0 Å². The monoisotopic (exact) mass is 334 g/mol. The number of halogens is 3. The number of fused-ring (bicyclic) bond motifs is 1. The average Bonchev–Trinajstić information content (AvgIpc) is 3.02. The summed E-state index contributed by atoms with van der Waals surface area (Å²) in [5, 5.41) is 2.68. The lowest BCUT2D eigenvalue weighted by Gasteiger charge is -2.08. The van der Waals surface area contributed by atoms with Gasteiger partial charge in [0.05, 0.1) is 5.56 Å². The van der Waals surface area contributed by atoms with Crippen molar-refractivity contribution in [1.82, 2.24) is 10.3 Å². The topological polar surface area (TPSA) is 55.1 Å². The van der Waals surface area contributed by atoms with Crippen molar-refractivity contribution < 1.29 is 22.4 Å². The van der Waals surface area contributed by atoms with E-state index in [1.54, 1.807) is 0 Å².